The fraction of sp³-hybridized carbons (Fsp3) is 1.00. The molecule has 2 fully saturated rings. The molecule has 0 radical (unpaired) electrons. The molecular weight excluding hydrogens is 108 g/mol. The summed E-state index contributed by atoms with van der Waals surface area (Å²) in [5, 5.41) is 0. The van der Waals surface area contributed by atoms with Crippen LogP contribution < -0.4 is 0 Å². The van der Waals surface area contributed by atoms with Gasteiger partial charge in [0.15, 0.2) is 0 Å². The highest BCUT2D eigenvalue weighted by atomic mass is 14.6. The molecule has 9 heavy (non-hydrogen) atoms. The van der Waals surface area contributed by atoms with Crippen molar-refractivity contribution in [2.45, 2.75) is 40.0 Å². The minimum absolute atomic E-state index is 0.701. The van der Waals surface area contributed by atoms with Gasteiger partial charge in [0.05, 0.1) is 0 Å². The first kappa shape index (κ1) is 5.76. The molecule has 0 amide bonds. The van der Waals surface area contributed by atoms with Crippen LogP contribution in [0.25, 0.3) is 0 Å². The van der Waals surface area contributed by atoms with Crippen molar-refractivity contribution in [2.24, 2.45) is 16.7 Å². The fourth-order valence-electron chi connectivity index (χ4n) is 3.36. The Balaban J connectivity index is 2.14. The monoisotopic (exact) mass is 124 g/mol. The van der Waals surface area contributed by atoms with Gasteiger partial charge in [0, 0.05) is 0 Å². The summed E-state index contributed by atoms with van der Waals surface area (Å²) in [6.45, 7) is 7.28. The second kappa shape index (κ2) is 1.21. The lowest BCUT2D eigenvalue weighted by Crippen LogP contribution is -2.58. The summed E-state index contributed by atoms with van der Waals surface area (Å²) >= 11 is 0. The van der Waals surface area contributed by atoms with Crippen molar-refractivity contribution in [1.82, 2.24) is 0 Å². The Kier molecular flexibility index (Phi) is 0.774. The Bertz CT molecular complexity index is 137. The van der Waals surface area contributed by atoms with E-state index in [-0.39, 0.29) is 0 Å². The average molecular weight is 124 g/mol. The fourth-order valence-corrected chi connectivity index (χ4v) is 3.36. The molecule has 2 aliphatic carbocycles. The Morgan fingerprint density at radius 1 is 1.22 bits per heavy atom. The van der Waals surface area contributed by atoms with Crippen molar-refractivity contribution in [3.05, 3.63) is 0 Å². The van der Waals surface area contributed by atoms with Gasteiger partial charge in [0.1, 0.15) is 0 Å². The molecule has 0 aromatic rings. The van der Waals surface area contributed by atoms with E-state index in [4.69, 9.17) is 0 Å². The quantitative estimate of drug-likeness (QED) is 0.466. The summed E-state index contributed by atoms with van der Waals surface area (Å²) in [6.07, 6.45) is 4.48. The van der Waals surface area contributed by atoms with Gasteiger partial charge in [-0.2, -0.15) is 0 Å². The molecule has 0 aliphatic heterocycles. The molecule has 2 saturated carbocycles. The molecule has 2 rings (SSSR count). The second-order valence-electron chi connectivity index (χ2n) is 4.91. The van der Waals surface area contributed by atoms with Gasteiger partial charge >= 0.3 is 0 Å². The zero-order valence-corrected chi connectivity index (χ0v) is 6.70. The van der Waals surface area contributed by atoms with Gasteiger partial charge in [-0.05, 0) is 36.0 Å². The van der Waals surface area contributed by atoms with Gasteiger partial charge in [-0.25, -0.2) is 0 Å². The largest absolute Gasteiger partial charge is 0.0596 e. The van der Waals surface area contributed by atoms with Crippen LogP contribution in [0.5, 0.6) is 0 Å². The molecule has 0 bridgehead atoms. The van der Waals surface area contributed by atoms with E-state index in [1.54, 1.807) is 0 Å². The van der Waals surface area contributed by atoms with E-state index < -0.39 is 0 Å². The third kappa shape index (κ3) is 0.500. The minimum atomic E-state index is 0.701. The highest BCUT2D eigenvalue weighted by Crippen LogP contribution is 2.69. The summed E-state index contributed by atoms with van der Waals surface area (Å²) in [5.74, 6) is 1.07. The van der Waals surface area contributed by atoms with Gasteiger partial charge in [-0.15, -0.1) is 0 Å². The van der Waals surface area contributed by atoms with E-state index in [9.17, 15) is 0 Å². The van der Waals surface area contributed by atoms with Crippen LogP contribution in [0.2, 0.25) is 0 Å². The zero-order chi connectivity index (χ0) is 6.70. The second-order valence-corrected chi connectivity index (χ2v) is 4.91. The van der Waals surface area contributed by atoms with E-state index >= 15 is 0 Å². The SMILES string of the molecule is CC1(C)C[C@]2(C)CCC12. The predicted octanol–water partition coefficient (Wildman–Crippen LogP) is 2.83. The highest BCUT2D eigenvalue weighted by Gasteiger charge is 2.60. The lowest BCUT2D eigenvalue weighted by Gasteiger charge is -2.67. The molecule has 0 N–H and O–H groups in total. The molecule has 0 spiro atoms. The maximum Gasteiger partial charge on any atom is -0.0287 e. The van der Waals surface area contributed by atoms with Crippen molar-refractivity contribution < 1.29 is 0 Å². The van der Waals surface area contributed by atoms with Crippen LogP contribution in [0.15, 0.2) is 0 Å². The summed E-state index contributed by atoms with van der Waals surface area (Å²) in [5.41, 5.74) is 1.50. The third-order valence-electron chi connectivity index (χ3n) is 3.65. The van der Waals surface area contributed by atoms with E-state index in [0.717, 1.165) is 11.3 Å². The van der Waals surface area contributed by atoms with Gasteiger partial charge in [-0.3, -0.25) is 0 Å². The molecule has 0 saturated heterocycles. The zero-order valence-electron chi connectivity index (χ0n) is 6.70. The Morgan fingerprint density at radius 3 is 1.89 bits per heavy atom. The van der Waals surface area contributed by atoms with E-state index in [1.807, 2.05) is 0 Å². The maximum atomic E-state index is 2.45. The van der Waals surface area contributed by atoms with Crippen molar-refractivity contribution >= 4 is 0 Å². The lowest BCUT2D eigenvalue weighted by molar-refractivity contribution is -0.172. The third-order valence-corrected chi connectivity index (χ3v) is 3.65. The van der Waals surface area contributed by atoms with Crippen molar-refractivity contribution in [3.63, 3.8) is 0 Å². The molecular formula is C9H16. The van der Waals surface area contributed by atoms with E-state index in [2.05, 4.69) is 20.8 Å². The minimum Gasteiger partial charge on any atom is -0.0596 e. The highest BCUT2D eigenvalue weighted by molar-refractivity contribution is 5.10. The maximum absolute atomic E-state index is 2.45. The summed E-state index contributed by atoms with van der Waals surface area (Å²) in [7, 11) is 0. The molecule has 0 nitrogen and oxygen atoms in total. The van der Waals surface area contributed by atoms with Crippen molar-refractivity contribution in [3.8, 4) is 0 Å². The van der Waals surface area contributed by atoms with Crippen LogP contribution in [0.4, 0.5) is 0 Å². The van der Waals surface area contributed by atoms with Gasteiger partial charge in [0.25, 0.3) is 0 Å². The standard InChI is InChI=1S/C9H16/c1-8(2)6-9(3)5-4-7(8)9/h7H,4-6H2,1-3H3/t7?,9-/m0/s1. The normalized spacial score (nSPS) is 53.0. The topological polar surface area (TPSA) is 0 Å². The number of hydrogen-bond acceptors (Lipinski definition) is 0. The molecule has 2 atom stereocenters. The van der Waals surface area contributed by atoms with Crippen molar-refractivity contribution in [2.75, 3.05) is 0 Å². The first-order valence-corrected chi connectivity index (χ1v) is 4.05. The van der Waals surface area contributed by atoms with Gasteiger partial charge in [0.2, 0.25) is 0 Å². The number of rotatable bonds is 0. The number of fused-ring (bicyclic) bond motifs is 1. The molecule has 0 aromatic heterocycles. The lowest BCUT2D eigenvalue weighted by atomic mass is 9.38. The Morgan fingerprint density at radius 2 is 1.89 bits per heavy atom. The summed E-state index contributed by atoms with van der Waals surface area (Å²) in [6, 6.07) is 0. The summed E-state index contributed by atoms with van der Waals surface area (Å²) in [4.78, 5) is 0. The molecule has 1 unspecified atom stereocenters. The average Bonchev–Trinajstić information content (AvgIpc) is 1.60. The summed E-state index contributed by atoms with van der Waals surface area (Å²) < 4.78 is 0. The van der Waals surface area contributed by atoms with E-state index in [0.29, 0.717) is 5.41 Å². The van der Waals surface area contributed by atoms with Crippen molar-refractivity contribution in [1.29, 1.82) is 0 Å². The van der Waals surface area contributed by atoms with Crippen LogP contribution in [0.3, 0.4) is 0 Å². The number of hydrogen-bond donors (Lipinski definition) is 0. The first-order valence-electron chi connectivity index (χ1n) is 4.05. The van der Waals surface area contributed by atoms with Gasteiger partial charge < -0.3 is 0 Å². The van der Waals surface area contributed by atoms with Crippen LogP contribution in [-0.4, -0.2) is 0 Å². The molecule has 52 valence electrons. The van der Waals surface area contributed by atoms with Crippen LogP contribution >= 0.6 is 0 Å². The Labute approximate surface area is 57.6 Å². The molecule has 0 heterocycles. The molecule has 0 heteroatoms. The van der Waals surface area contributed by atoms with E-state index in [1.165, 1.54) is 19.3 Å². The van der Waals surface area contributed by atoms with Crippen LogP contribution in [0, 0.1) is 16.7 Å². The molecule has 2 aliphatic rings. The predicted molar refractivity (Wildman–Crippen MR) is 39.2 cm³/mol. The Hall–Kier alpha value is 0. The molecule has 0 aromatic carbocycles. The van der Waals surface area contributed by atoms with Crippen LogP contribution in [0.1, 0.15) is 40.0 Å². The van der Waals surface area contributed by atoms with Crippen LogP contribution in [-0.2, 0) is 0 Å². The van der Waals surface area contributed by atoms with Gasteiger partial charge in [-0.1, -0.05) is 20.8 Å². The first-order chi connectivity index (χ1) is 4.05. The smallest absolute Gasteiger partial charge is 0.0287 e.